The van der Waals surface area contributed by atoms with Crippen LogP contribution in [0.15, 0.2) is 66.2 Å². The number of carboxylic acids is 1. The first-order valence-corrected chi connectivity index (χ1v) is 8.28. The SMILES string of the molecule is C/C=C\C(=C(/C)OC1=CC=CCC1)c1ccc(CCC(=O)O)cc1. The van der Waals surface area contributed by atoms with E-state index in [4.69, 9.17) is 9.84 Å². The fourth-order valence-corrected chi connectivity index (χ4v) is 2.60. The largest absolute Gasteiger partial charge is 0.481 e. The second-order valence-corrected chi connectivity index (χ2v) is 5.76. The van der Waals surface area contributed by atoms with Crippen LogP contribution in [0, 0.1) is 0 Å². The highest BCUT2D eigenvalue weighted by molar-refractivity contribution is 5.75. The highest BCUT2D eigenvalue weighted by Gasteiger charge is 2.08. The summed E-state index contributed by atoms with van der Waals surface area (Å²) in [5.74, 6) is 1.08. The van der Waals surface area contributed by atoms with Crippen molar-refractivity contribution in [3.63, 3.8) is 0 Å². The molecule has 0 heterocycles. The van der Waals surface area contributed by atoms with Crippen molar-refractivity contribution in [2.24, 2.45) is 0 Å². The maximum atomic E-state index is 10.7. The average Bonchev–Trinajstić information content (AvgIpc) is 2.59. The van der Waals surface area contributed by atoms with E-state index in [0.717, 1.165) is 41.1 Å². The van der Waals surface area contributed by atoms with E-state index in [1.165, 1.54) is 0 Å². The molecule has 0 saturated carbocycles. The summed E-state index contributed by atoms with van der Waals surface area (Å²) < 4.78 is 6.03. The van der Waals surface area contributed by atoms with Crippen LogP contribution in [-0.4, -0.2) is 11.1 Å². The van der Waals surface area contributed by atoms with E-state index in [1.54, 1.807) is 0 Å². The fourth-order valence-electron chi connectivity index (χ4n) is 2.60. The van der Waals surface area contributed by atoms with Crippen LogP contribution in [0.3, 0.4) is 0 Å². The molecule has 1 N–H and O–H groups in total. The zero-order chi connectivity index (χ0) is 17.4. The van der Waals surface area contributed by atoms with Gasteiger partial charge in [-0.3, -0.25) is 4.79 Å². The molecule has 1 aliphatic carbocycles. The number of carboxylic acid groups (broad SMARTS) is 1. The van der Waals surface area contributed by atoms with Gasteiger partial charge in [-0.2, -0.15) is 0 Å². The summed E-state index contributed by atoms with van der Waals surface area (Å²) in [6.07, 6.45) is 12.8. The zero-order valence-electron chi connectivity index (χ0n) is 14.3. The normalized spacial score (nSPS) is 15.2. The number of hydrogen-bond donors (Lipinski definition) is 1. The van der Waals surface area contributed by atoms with E-state index in [2.05, 4.69) is 6.08 Å². The lowest BCUT2D eigenvalue weighted by Crippen LogP contribution is -1.98. The van der Waals surface area contributed by atoms with Gasteiger partial charge >= 0.3 is 5.97 Å². The topological polar surface area (TPSA) is 46.5 Å². The number of aliphatic carboxylic acids is 1. The molecule has 1 aromatic carbocycles. The molecule has 0 unspecified atom stereocenters. The van der Waals surface area contributed by atoms with Crippen LogP contribution in [-0.2, 0) is 16.0 Å². The Balaban J connectivity index is 2.19. The van der Waals surface area contributed by atoms with Crippen molar-refractivity contribution in [1.82, 2.24) is 0 Å². The maximum absolute atomic E-state index is 10.7. The molecule has 1 aliphatic rings. The van der Waals surface area contributed by atoms with Gasteiger partial charge in [0.1, 0.15) is 11.5 Å². The molecule has 0 amide bonds. The van der Waals surface area contributed by atoms with Gasteiger partial charge in [0.25, 0.3) is 0 Å². The van der Waals surface area contributed by atoms with Crippen molar-refractivity contribution in [3.8, 4) is 0 Å². The highest BCUT2D eigenvalue weighted by Crippen LogP contribution is 2.25. The summed E-state index contributed by atoms with van der Waals surface area (Å²) in [4.78, 5) is 10.7. The van der Waals surface area contributed by atoms with Crippen LogP contribution in [0.4, 0.5) is 0 Å². The smallest absolute Gasteiger partial charge is 0.303 e. The molecule has 0 aliphatic heterocycles. The van der Waals surface area contributed by atoms with Gasteiger partial charge in [-0.15, -0.1) is 0 Å². The van der Waals surface area contributed by atoms with Gasteiger partial charge in [0.2, 0.25) is 0 Å². The van der Waals surface area contributed by atoms with Crippen LogP contribution in [0.2, 0.25) is 0 Å². The molecule has 0 bridgehead atoms. The molecule has 0 fully saturated rings. The summed E-state index contributed by atoms with van der Waals surface area (Å²) in [5, 5.41) is 8.77. The van der Waals surface area contributed by atoms with Crippen molar-refractivity contribution in [3.05, 3.63) is 77.3 Å². The third-order valence-corrected chi connectivity index (χ3v) is 3.86. The molecule has 0 aromatic heterocycles. The molecule has 0 spiro atoms. The van der Waals surface area contributed by atoms with Crippen LogP contribution in [0.1, 0.15) is 44.2 Å². The van der Waals surface area contributed by atoms with Crippen LogP contribution in [0.25, 0.3) is 5.57 Å². The molecule has 24 heavy (non-hydrogen) atoms. The van der Waals surface area contributed by atoms with Crippen molar-refractivity contribution in [1.29, 1.82) is 0 Å². The first kappa shape index (κ1) is 17.8. The summed E-state index contributed by atoms with van der Waals surface area (Å²) >= 11 is 0. The van der Waals surface area contributed by atoms with Gasteiger partial charge in [-0.05, 0) is 43.9 Å². The molecule has 0 radical (unpaired) electrons. The van der Waals surface area contributed by atoms with Crippen molar-refractivity contribution in [2.75, 3.05) is 0 Å². The predicted octanol–water partition coefficient (Wildman–Crippen LogP) is 5.26. The number of aryl methyl sites for hydroxylation is 1. The van der Waals surface area contributed by atoms with E-state index in [-0.39, 0.29) is 6.42 Å². The van der Waals surface area contributed by atoms with Crippen molar-refractivity contribution >= 4 is 11.5 Å². The highest BCUT2D eigenvalue weighted by atomic mass is 16.5. The van der Waals surface area contributed by atoms with Gasteiger partial charge in [0, 0.05) is 18.4 Å². The van der Waals surface area contributed by atoms with Crippen molar-refractivity contribution in [2.45, 2.75) is 39.5 Å². The van der Waals surface area contributed by atoms with Gasteiger partial charge in [0.15, 0.2) is 0 Å². The molecule has 1 aromatic rings. The Bertz CT molecular complexity index is 688. The van der Waals surface area contributed by atoms with Crippen molar-refractivity contribution < 1.29 is 14.6 Å². The minimum Gasteiger partial charge on any atom is -0.481 e. The van der Waals surface area contributed by atoms with Crippen LogP contribution in [0.5, 0.6) is 0 Å². The Morgan fingerprint density at radius 1 is 1.29 bits per heavy atom. The zero-order valence-corrected chi connectivity index (χ0v) is 14.3. The number of rotatable bonds is 7. The number of carbonyl (C=O) groups is 1. The second-order valence-electron chi connectivity index (χ2n) is 5.76. The first-order chi connectivity index (χ1) is 11.6. The minimum atomic E-state index is -0.771. The van der Waals surface area contributed by atoms with Gasteiger partial charge < -0.3 is 9.84 Å². The van der Waals surface area contributed by atoms with E-state index in [9.17, 15) is 4.79 Å². The minimum absolute atomic E-state index is 0.153. The molecule has 3 heteroatoms. The lowest BCUT2D eigenvalue weighted by molar-refractivity contribution is -0.136. The lowest BCUT2D eigenvalue weighted by atomic mass is 10.0. The second kappa shape index (κ2) is 8.92. The Hall–Kier alpha value is -2.55. The summed E-state index contributed by atoms with van der Waals surface area (Å²) in [5.41, 5.74) is 3.13. The molecular formula is C21H24O3. The van der Waals surface area contributed by atoms with Gasteiger partial charge in [0.05, 0.1) is 0 Å². The monoisotopic (exact) mass is 324 g/mol. The molecule has 2 rings (SSSR count). The molecule has 0 saturated heterocycles. The van der Waals surface area contributed by atoms with E-state index in [0.29, 0.717) is 6.42 Å². The summed E-state index contributed by atoms with van der Waals surface area (Å²) in [6, 6.07) is 8.01. The van der Waals surface area contributed by atoms with E-state index in [1.807, 2.05) is 62.4 Å². The number of ether oxygens (including phenoxy) is 1. The molecule has 0 atom stereocenters. The molecule has 126 valence electrons. The summed E-state index contributed by atoms with van der Waals surface area (Å²) in [6.45, 7) is 3.96. The number of hydrogen-bond acceptors (Lipinski definition) is 2. The van der Waals surface area contributed by atoms with E-state index >= 15 is 0 Å². The predicted molar refractivity (Wildman–Crippen MR) is 97.3 cm³/mol. The van der Waals surface area contributed by atoms with Crippen LogP contribution < -0.4 is 0 Å². The Morgan fingerprint density at radius 2 is 2.04 bits per heavy atom. The third-order valence-electron chi connectivity index (χ3n) is 3.86. The van der Waals surface area contributed by atoms with Gasteiger partial charge in [-0.25, -0.2) is 0 Å². The molecule has 3 nitrogen and oxygen atoms in total. The molecular weight excluding hydrogens is 300 g/mol. The maximum Gasteiger partial charge on any atom is 0.303 e. The van der Waals surface area contributed by atoms with E-state index < -0.39 is 5.97 Å². The quantitative estimate of drug-likeness (QED) is 0.549. The third kappa shape index (κ3) is 5.27. The fraction of sp³-hybridized carbons (Fsp3) is 0.286. The first-order valence-electron chi connectivity index (χ1n) is 8.28. The lowest BCUT2D eigenvalue weighted by Gasteiger charge is -2.15. The summed E-state index contributed by atoms with van der Waals surface area (Å²) in [7, 11) is 0. The Morgan fingerprint density at radius 3 is 2.62 bits per heavy atom. The number of benzene rings is 1. The number of allylic oxidation sites excluding steroid dienone is 8. The van der Waals surface area contributed by atoms with Gasteiger partial charge in [-0.1, -0.05) is 48.6 Å². The Labute approximate surface area is 143 Å². The standard InChI is InChI=1S/C21H24O3/c1-3-7-20(16(2)24-19-8-5-4-6-9-19)18-13-10-17(11-14-18)12-15-21(22)23/h3-5,7-8,10-11,13-14H,6,9,12,15H2,1-2H3,(H,22,23)/b7-3-,20-16-. The Kier molecular flexibility index (Phi) is 6.62. The van der Waals surface area contributed by atoms with Crippen LogP contribution >= 0.6 is 0 Å². The average molecular weight is 324 g/mol.